The van der Waals surface area contributed by atoms with E-state index in [1.54, 1.807) is 11.3 Å². The van der Waals surface area contributed by atoms with Crippen LogP contribution in [0.15, 0.2) is 22.9 Å². The average Bonchev–Trinajstić information content (AvgIpc) is 3.26. The van der Waals surface area contributed by atoms with Crippen molar-refractivity contribution in [3.63, 3.8) is 0 Å². The van der Waals surface area contributed by atoms with Crippen LogP contribution in [0.2, 0.25) is 0 Å². The summed E-state index contributed by atoms with van der Waals surface area (Å²) in [7, 11) is 0. The SMILES string of the molecule is C[C@H](NCC1Cc2ccsc2[C@@H]([C@@H](C)N)O1)[C@@H]1OCCc2ccsc21. The van der Waals surface area contributed by atoms with E-state index in [1.807, 2.05) is 18.3 Å². The monoisotopic (exact) mass is 378 g/mol. The molecule has 4 nitrogen and oxygen atoms in total. The molecule has 0 bridgehead atoms. The molecular formula is C19H26N2O2S2. The minimum Gasteiger partial charge on any atom is -0.371 e. The summed E-state index contributed by atoms with van der Waals surface area (Å²) < 4.78 is 12.4. The molecule has 0 amide bonds. The average molecular weight is 379 g/mol. The molecular weight excluding hydrogens is 352 g/mol. The van der Waals surface area contributed by atoms with Crippen molar-refractivity contribution in [3.8, 4) is 0 Å². The van der Waals surface area contributed by atoms with E-state index in [0.29, 0.717) is 0 Å². The van der Waals surface area contributed by atoms with Crippen LogP contribution in [0.3, 0.4) is 0 Å². The van der Waals surface area contributed by atoms with Gasteiger partial charge in [0.2, 0.25) is 0 Å². The fraction of sp³-hybridized carbons (Fsp3) is 0.579. The second-order valence-corrected chi connectivity index (χ2v) is 9.00. The first-order valence-corrected chi connectivity index (χ1v) is 10.8. The van der Waals surface area contributed by atoms with Gasteiger partial charge in [-0.25, -0.2) is 0 Å². The third kappa shape index (κ3) is 3.56. The van der Waals surface area contributed by atoms with Gasteiger partial charge in [0.1, 0.15) is 12.2 Å². The largest absolute Gasteiger partial charge is 0.371 e. The number of rotatable bonds is 5. The molecule has 136 valence electrons. The zero-order valence-corrected chi connectivity index (χ0v) is 16.4. The van der Waals surface area contributed by atoms with Crippen LogP contribution in [-0.4, -0.2) is 31.3 Å². The van der Waals surface area contributed by atoms with Crippen molar-refractivity contribution in [1.29, 1.82) is 0 Å². The second kappa shape index (κ2) is 7.47. The first-order chi connectivity index (χ1) is 12.1. The van der Waals surface area contributed by atoms with E-state index < -0.39 is 0 Å². The van der Waals surface area contributed by atoms with Crippen LogP contribution in [0.5, 0.6) is 0 Å². The summed E-state index contributed by atoms with van der Waals surface area (Å²) in [6.07, 6.45) is 2.31. The minimum absolute atomic E-state index is 0.00739. The molecule has 1 unspecified atom stereocenters. The summed E-state index contributed by atoms with van der Waals surface area (Å²) in [6.45, 7) is 5.87. The Morgan fingerprint density at radius 1 is 1.16 bits per heavy atom. The molecule has 0 aliphatic carbocycles. The molecule has 2 aliphatic rings. The van der Waals surface area contributed by atoms with E-state index in [4.69, 9.17) is 15.2 Å². The van der Waals surface area contributed by atoms with E-state index in [9.17, 15) is 0 Å². The molecule has 0 saturated heterocycles. The molecule has 25 heavy (non-hydrogen) atoms. The van der Waals surface area contributed by atoms with Gasteiger partial charge in [-0.1, -0.05) is 0 Å². The Morgan fingerprint density at radius 3 is 2.64 bits per heavy atom. The summed E-state index contributed by atoms with van der Waals surface area (Å²) in [5.41, 5.74) is 9.00. The van der Waals surface area contributed by atoms with Crippen molar-refractivity contribution in [2.45, 2.75) is 57.1 Å². The Morgan fingerprint density at radius 2 is 1.88 bits per heavy atom. The maximum absolute atomic E-state index is 6.31. The number of thiophene rings is 2. The van der Waals surface area contributed by atoms with Gasteiger partial charge >= 0.3 is 0 Å². The zero-order valence-electron chi connectivity index (χ0n) is 14.7. The highest BCUT2D eigenvalue weighted by atomic mass is 32.1. The van der Waals surface area contributed by atoms with E-state index in [0.717, 1.165) is 26.0 Å². The molecule has 0 saturated carbocycles. The molecule has 4 rings (SSSR count). The van der Waals surface area contributed by atoms with Crippen molar-refractivity contribution in [2.24, 2.45) is 5.73 Å². The van der Waals surface area contributed by atoms with Gasteiger partial charge in [0.05, 0.1) is 12.7 Å². The number of nitrogens with one attached hydrogen (secondary N) is 1. The molecule has 0 spiro atoms. The number of nitrogens with two attached hydrogens (primary N) is 1. The van der Waals surface area contributed by atoms with Crippen molar-refractivity contribution in [2.75, 3.05) is 13.2 Å². The molecule has 0 radical (unpaired) electrons. The van der Waals surface area contributed by atoms with Crippen LogP contribution in [0.4, 0.5) is 0 Å². The van der Waals surface area contributed by atoms with E-state index in [2.05, 4.69) is 35.1 Å². The van der Waals surface area contributed by atoms with E-state index in [1.165, 1.54) is 20.9 Å². The molecule has 3 N–H and O–H groups in total. The van der Waals surface area contributed by atoms with Crippen molar-refractivity contribution >= 4 is 22.7 Å². The van der Waals surface area contributed by atoms with Crippen LogP contribution >= 0.6 is 22.7 Å². The highest BCUT2D eigenvalue weighted by molar-refractivity contribution is 7.10. The normalized spacial score (nSPS) is 28.2. The van der Waals surface area contributed by atoms with Crippen LogP contribution in [-0.2, 0) is 22.3 Å². The quantitative estimate of drug-likeness (QED) is 0.837. The number of hydrogen-bond donors (Lipinski definition) is 2. The summed E-state index contributed by atoms with van der Waals surface area (Å²) >= 11 is 3.57. The highest BCUT2D eigenvalue weighted by Crippen LogP contribution is 2.36. The zero-order chi connectivity index (χ0) is 17.4. The molecule has 0 fully saturated rings. The van der Waals surface area contributed by atoms with Crippen LogP contribution < -0.4 is 11.1 Å². The molecule has 2 aromatic rings. The second-order valence-electron chi connectivity index (χ2n) is 7.10. The molecule has 6 heteroatoms. The van der Waals surface area contributed by atoms with Gasteiger partial charge in [-0.3, -0.25) is 0 Å². The molecule has 2 aliphatic heterocycles. The lowest BCUT2D eigenvalue weighted by molar-refractivity contribution is -0.0379. The molecule has 5 atom stereocenters. The molecule has 0 aromatic carbocycles. The van der Waals surface area contributed by atoms with Crippen molar-refractivity contribution in [1.82, 2.24) is 5.32 Å². The Kier molecular flexibility index (Phi) is 5.27. The third-order valence-corrected chi connectivity index (χ3v) is 7.17. The Bertz CT molecular complexity index is 712. The lowest BCUT2D eigenvalue weighted by atomic mass is 9.98. The topological polar surface area (TPSA) is 56.5 Å². The molecule has 2 aromatic heterocycles. The Labute approximate surface area is 157 Å². The maximum atomic E-state index is 6.31. The summed E-state index contributed by atoms with van der Waals surface area (Å²) in [4.78, 5) is 2.68. The summed E-state index contributed by atoms with van der Waals surface area (Å²) in [5, 5.41) is 7.98. The third-order valence-electron chi connectivity index (χ3n) is 5.13. The lowest BCUT2D eigenvalue weighted by Crippen LogP contribution is -2.44. The standard InChI is InChI=1S/C19H26N2O2S2/c1-11(20)16-19-14(5-8-25-19)9-15(23-16)10-21-12(2)17-18-13(3-6-22-17)4-7-24-18/h4-5,7-8,11-12,15-17,21H,3,6,9-10,20H2,1-2H3/t11-,12+,15?,16-,17+/m1/s1. The van der Waals surface area contributed by atoms with Gasteiger partial charge in [-0.05, 0) is 54.3 Å². The van der Waals surface area contributed by atoms with E-state index >= 15 is 0 Å². The Balaban J connectivity index is 1.39. The predicted octanol–water partition coefficient (Wildman–Crippen LogP) is 3.43. The summed E-state index contributed by atoms with van der Waals surface area (Å²) in [5.74, 6) is 0. The first kappa shape index (κ1) is 17.6. The highest BCUT2D eigenvalue weighted by Gasteiger charge is 2.32. The van der Waals surface area contributed by atoms with Gasteiger partial charge in [-0.15, -0.1) is 22.7 Å². The summed E-state index contributed by atoms with van der Waals surface area (Å²) in [6, 6.07) is 4.72. The van der Waals surface area contributed by atoms with Crippen molar-refractivity contribution in [3.05, 3.63) is 43.8 Å². The lowest BCUT2D eigenvalue weighted by Gasteiger charge is -2.34. The van der Waals surface area contributed by atoms with E-state index in [-0.39, 0.29) is 30.4 Å². The first-order valence-electron chi connectivity index (χ1n) is 9.02. The van der Waals surface area contributed by atoms with Crippen molar-refractivity contribution < 1.29 is 9.47 Å². The fourth-order valence-electron chi connectivity index (χ4n) is 3.78. The van der Waals surface area contributed by atoms with Gasteiger partial charge in [0, 0.05) is 34.8 Å². The number of hydrogen-bond acceptors (Lipinski definition) is 6. The smallest absolute Gasteiger partial charge is 0.107 e. The van der Waals surface area contributed by atoms with Gasteiger partial charge in [0.25, 0.3) is 0 Å². The number of ether oxygens (including phenoxy) is 2. The van der Waals surface area contributed by atoms with Gasteiger partial charge < -0.3 is 20.5 Å². The van der Waals surface area contributed by atoms with Crippen LogP contribution in [0.1, 0.15) is 46.9 Å². The predicted molar refractivity (Wildman–Crippen MR) is 103 cm³/mol. The van der Waals surface area contributed by atoms with Gasteiger partial charge in [0.15, 0.2) is 0 Å². The Hall–Kier alpha value is -0.760. The van der Waals surface area contributed by atoms with Gasteiger partial charge in [-0.2, -0.15) is 0 Å². The fourth-order valence-corrected chi connectivity index (χ4v) is 5.97. The molecule has 4 heterocycles. The van der Waals surface area contributed by atoms with Crippen LogP contribution in [0.25, 0.3) is 0 Å². The number of fused-ring (bicyclic) bond motifs is 2. The minimum atomic E-state index is 0.00739. The maximum Gasteiger partial charge on any atom is 0.107 e. The van der Waals surface area contributed by atoms with Crippen LogP contribution in [0, 0.1) is 0 Å².